The van der Waals surface area contributed by atoms with Crippen LogP contribution >= 0.6 is 0 Å². The van der Waals surface area contributed by atoms with Crippen molar-refractivity contribution < 1.29 is 23.0 Å². The second kappa shape index (κ2) is 8.29. The fraction of sp³-hybridized carbons (Fsp3) is 0.278. The number of hydrogen-bond acceptors (Lipinski definition) is 3. The SMILES string of the molecule is CC(C)c1ccc(OCC(=O)Nc2ccc(OC(F)F)cc2)cc1. The van der Waals surface area contributed by atoms with Gasteiger partial charge in [-0.25, -0.2) is 0 Å². The molecule has 0 saturated carbocycles. The number of ether oxygens (including phenoxy) is 2. The van der Waals surface area contributed by atoms with Gasteiger partial charge in [-0.3, -0.25) is 4.79 Å². The molecular formula is C18H19F2NO3. The molecule has 0 saturated heterocycles. The van der Waals surface area contributed by atoms with Crippen molar-refractivity contribution in [2.45, 2.75) is 26.4 Å². The monoisotopic (exact) mass is 335 g/mol. The Hall–Kier alpha value is -2.63. The predicted octanol–water partition coefficient (Wildman–Crippen LogP) is 4.43. The molecule has 0 aliphatic rings. The summed E-state index contributed by atoms with van der Waals surface area (Å²) in [7, 11) is 0. The summed E-state index contributed by atoms with van der Waals surface area (Å²) < 4.78 is 33.8. The van der Waals surface area contributed by atoms with E-state index in [1.165, 1.54) is 29.8 Å². The fourth-order valence-electron chi connectivity index (χ4n) is 2.01. The lowest BCUT2D eigenvalue weighted by atomic mass is 10.0. The van der Waals surface area contributed by atoms with Gasteiger partial charge in [0.1, 0.15) is 11.5 Å². The third-order valence-electron chi connectivity index (χ3n) is 3.28. The molecule has 2 rings (SSSR count). The van der Waals surface area contributed by atoms with Crippen molar-refractivity contribution in [3.8, 4) is 11.5 Å². The Morgan fingerprint density at radius 3 is 2.12 bits per heavy atom. The number of carbonyl (C=O) groups excluding carboxylic acids is 1. The molecule has 1 N–H and O–H groups in total. The highest BCUT2D eigenvalue weighted by molar-refractivity contribution is 5.91. The third kappa shape index (κ3) is 5.53. The maximum absolute atomic E-state index is 12.1. The Morgan fingerprint density at radius 2 is 1.58 bits per heavy atom. The molecule has 1 amide bonds. The van der Waals surface area contributed by atoms with E-state index in [1.807, 2.05) is 24.3 Å². The molecule has 0 heterocycles. The molecule has 0 atom stereocenters. The predicted molar refractivity (Wildman–Crippen MR) is 87.7 cm³/mol. The van der Waals surface area contributed by atoms with E-state index in [4.69, 9.17) is 4.74 Å². The number of amides is 1. The van der Waals surface area contributed by atoms with Gasteiger partial charge in [0.15, 0.2) is 6.61 Å². The van der Waals surface area contributed by atoms with E-state index in [0.717, 1.165) is 0 Å². The van der Waals surface area contributed by atoms with Gasteiger partial charge in [-0.2, -0.15) is 8.78 Å². The smallest absolute Gasteiger partial charge is 0.387 e. The summed E-state index contributed by atoms with van der Waals surface area (Å²) in [5.74, 6) is 0.726. The maximum atomic E-state index is 12.1. The average Bonchev–Trinajstić information content (AvgIpc) is 2.54. The Kier molecular flexibility index (Phi) is 6.12. The highest BCUT2D eigenvalue weighted by Crippen LogP contribution is 2.19. The van der Waals surface area contributed by atoms with Gasteiger partial charge < -0.3 is 14.8 Å². The molecule has 0 unspecified atom stereocenters. The number of rotatable bonds is 7. The Labute approximate surface area is 139 Å². The molecule has 24 heavy (non-hydrogen) atoms. The van der Waals surface area contributed by atoms with Crippen molar-refractivity contribution in [3.63, 3.8) is 0 Å². The number of carbonyl (C=O) groups is 1. The molecule has 128 valence electrons. The molecule has 0 bridgehead atoms. The van der Waals surface area contributed by atoms with Crippen LogP contribution in [0.3, 0.4) is 0 Å². The summed E-state index contributed by atoms with van der Waals surface area (Å²) in [4.78, 5) is 11.8. The lowest BCUT2D eigenvalue weighted by Gasteiger charge is -2.10. The minimum Gasteiger partial charge on any atom is -0.484 e. The highest BCUT2D eigenvalue weighted by Gasteiger charge is 2.07. The first-order valence-corrected chi connectivity index (χ1v) is 7.51. The fourth-order valence-corrected chi connectivity index (χ4v) is 2.01. The Morgan fingerprint density at radius 1 is 1.00 bits per heavy atom. The number of halogens is 2. The van der Waals surface area contributed by atoms with Crippen molar-refractivity contribution in [2.24, 2.45) is 0 Å². The maximum Gasteiger partial charge on any atom is 0.387 e. The zero-order valence-electron chi connectivity index (χ0n) is 13.5. The lowest BCUT2D eigenvalue weighted by molar-refractivity contribution is -0.118. The minimum absolute atomic E-state index is 0.0319. The second-order valence-electron chi connectivity index (χ2n) is 5.46. The molecule has 0 aliphatic heterocycles. The van der Waals surface area contributed by atoms with Gasteiger partial charge in [-0.1, -0.05) is 26.0 Å². The Bertz CT molecular complexity index is 655. The Balaban J connectivity index is 1.82. The van der Waals surface area contributed by atoms with Crippen LogP contribution in [0.25, 0.3) is 0 Å². The largest absolute Gasteiger partial charge is 0.484 e. The molecule has 0 radical (unpaired) electrons. The van der Waals surface area contributed by atoms with E-state index >= 15 is 0 Å². The first-order valence-electron chi connectivity index (χ1n) is 7.51. The van der Waals surface area contributed by atoms with Crippen molar-refractivity contribution in [1.29, 1.82) is 0 Å². The molecule has 0 fully saturated rings. The normalized spacial score (nSPS) is 10.8. The van der Waals surface area contributed by atoms with Crippen molar-refractivity contribution in [2.75, 3.05) is 11.9 Å². The van der Waals surface area contributed by atoms with E-state index in [-0.39, 0.29) is 18.3 Å². The zero-order valence-corrected chi connectivity index (χ0v) is 13.5. The van der Waals surface area contributed by atoms with Gasteiger partial charge in [-0.05, 0) is 47.9 Å². The number of nitrogens with one attached hydrogen (secondary N) is 1. The van der Waals surface area contributed by atoms with E-state index in [9.17, 15) is 13.6 Å². The molecule has 0 aromatic heterocycles. The van der Waals surface area contributed by atoms with Gasteiger partial charge in [0, 0.05) is 5.69 Å². The van der Waals surface area contributed by atoms with Gasteiger partial charge in [-0.15, -0.1) is 0 Å². The van der Waals surface area contributed by atoms with Gasteiger partial charge in [0.2, 0.25) is 0 Å². The molecule has 6 heteroatoms. The summed E-state index contributed by atoms with van der Waals surface area (Å²) in [6, 6.07) is 13.2. The summed E-state index contributed by atoms with van der Waals surface area (Å²) in [5.41, 5.74) is 1.67. The van der Waals surface area contributed by atoms with Crippen LogP contribution in [0.1, 0.15) is 25.3 Å². The molecular weight excluding hydrogens is 316 g/mol. The first kappa shape index (κ1) is 17.7. The van der Waals surface area contributed by atoms with Gasteiger partial charge >= 0.3 is 6.61 Å². The molecule has 0 aliphatic carbocycles. The van der Waals surface area contributed by atoms with E-state index in [2.05, 4.69) is 23.9 Å². The van der Waals surface area contributed by atoms with Crippen molar-refractivity contribution in [1.82, 2.24) is 0 Å². The zero-order chi connectivity index (χ0) is 17.5. The van der Waals surface area contributed by atoms with Crippen LogP contribution in [0.4, 0.5) is 14.5 Å². The van der Waals surface area contributed by atoms with Crippen LogP contribution in [0.2, 0.25) is 0 Å². The van der Waals surface area contributed by atoms with Crippen molar-refractivity contribution >= 4 is 11.6 Å². The summed E-state index contributed by atoms with van der Waals surface area (Å²) >= 11 is 0. The van der Waals surface area contributed by atoms with Crippen LogP contribution < -0.4 is 14.8 Å². The van der Waals surface area contributed by atoms with Crippen LogP contribution in [-0.2, 0) is 4.79 Å². The topological polar surface area (TPSA) is 47.6 Å². The standard InChI is InChI=1S/C18H19F2NO3/c1-12(2)13-3-7-15(8-4-13)23-11-17(22)21-14-5-9-16(10-6-14)24-18(19)20/h3-10,12,18H,11H2,1-2H3,(H,21,22). The molecule has 4 nitrogen and oxygen atoms in total. The van der Waals surface area contributed by atoms with Crippen LogP contribution in [-0.4, -0.2) is 19.1 Å². The first-order chi connectivity index (χ1) is 11.4. The number of benzene rings is 2. The number of hydrogen-bond donors (Lipinski definition) is 1. The second-order valence-corrected chi connectivity index (χ2v) is 5.46. The molecule has 2 aromatic rings. The highest BCUT2D eigenvalue weighted by atomic mass is 19.3. The lowest BCUT2D eigenvalue weighted by Crippen LogP contribution is -2.20. The van der Waals surface area contributed by atoms with E-state index in [0.29, 0.717) is 17.4 Å². The average molecular weight is 335 g/mol. The number of alkyl halides is 2. The van der Waals surface area contributed by atoms with Gasteiger partial charge in [0.05, 0.1) is 0 Å². The quantitative estimate of drug-likeness (QED) is 0.814. The minimum atomic E-state index is -2.87. The summed E-state index contributed by atoms with van der Waals surface area (Å²) in [6.45, 7) is 1.18. The summed E-state index contributed by atoms with van der Waals surface area (Å²) in [5, 5.41) is 2.62. The van der Waals surface area contributed by atoms with Crippen LogP contribution in [0.15, 0.2) is 48.5 Å². The van der Waals surface area contributed by atoms with Gasteiger partial charge in [0.25, 0.3) is 5.91 Å². The summed E-state index contributed by atoms with van der Waals surface area (Å²) in [6.07, 6.45) is 0. The van der Waals surface area contributed by atoms with E-state index < -0.39 is 6.61 Å². The molecule has 2 aromatic carbocycles. The van der Waals surface area contributed by atoms with Crippen molar-refractivity contribution in [3.05, 3.63) is 54.1 Å². The molecule has 0 spiro atoms. The van der Waals surface area contributed by atoms with Crippen LogP contribution in [0.5, 0.6) is 11.5 Å². The van der Waals surface area contributed by atoms with Crippen LogP contribution in [0, 0.1) is 0 Å². The number of anilines is 1. The van der Waals surface area contributed by atoms with E-state index in [1.54, 1.807) is 0 Å². The third-order valence-corrected chi connectivity index (χ3v) is 3.28.